The van der Waals surface area contributed by atoms with E-state index in [4.69, 9.17) is 4.74 Å². The van der Waals surface area contributed by atoms with Crippen molar-refractivity contribution in [3.8, 4) is 0 Å². The minimum Gasteiger partial charge on any atom is -0.462 e. The van der Waals surface area contributed by atoms with E-state index in [2.05, 4.69) is 9.71 Å². The van der Waals surface area contributed by atoms with Crippen LogP contribution in [0.5, 0.6) is 0 Å². The molecule has 0 fully saturated rings. The van der Waals surface area contributed by atoms with Crippen LogP contribution in [0.3, 0.4) is 0 Å². The van der Waals surface area contributed by atoms with Crippen LogP contribution in [-0.4, -0.2) is 28.0 Å². The van der Waals surface area contributed by atoms with Gasteiger partial charge in [-0.1, -0.05) is 30.3 Å². The first-order chi connectivity index (χ1) is 13.5. The number of hydrogen-bond acceptors (Lipinski definition) is 6. The summed E-state index contributed by atoms with van der Waals surface area (Å²) in [6.45, 7) is 3.58. The molecule has 1 atom stereocenters. The van der Waals surface area contributed by atoms with E-state index in [0.29, 0.717) is 11.3 Å². The van der Waals surface area contributed by atoms with Crippen LogP contribution < -0.4 is 4.72 Å². The van der Waals surface area contributed by atoms with Gasteiger partial charge in [0.1, 0.15) is 10.9 Å². The predicted molar refractivity (Wildman–Crippen MR) is 109 cm³/mol. The molecule has 2 aromatic carbocycles. The Balaban J connectivity index is 1.81. The van der Waals surface area contributed by atoms with E-state index < -0.39 is 16.9 Å². The third-order valence-corrected chi connectivity index (χ3v) is 5.08. The van der Waals surface area contributed by atoms with Crippen LogP contribution in [0.4, 0.5) is 5.69 Å². The number of nitrogens with one attached hydrogen (secondary N) is 2. The van der Waals surface area contributed by atoms with Crippen LogP contribution in [0.1, 0.15) is 19.4 Å². The quantitative estimate of drug-likeness (QED) is 0.255. The van der Waals surface area contributed by atoms with Crippen LogP contribution >= 0.6 is 11.9 Å². The lowest BCUT2D eigenvalue weighted by Crippen LogP contribution is -2.37. The van der Waals surface area contributed by atoms with Gasteiger partial charge in [0, 0.05) is 29.6 Å². The Hall–Kier alpha value is -2.84. The molecule has 0 spiro atoms. The third kappa shape index (κ3) is 4.71. The van der Waals surface area contributed by atoms with Gasteiger partial charge in [-0.15, -0.1) is 0 Å². The Morgan fingerprint density at radius 2 is 1.93 bits per heavy atom. The van der Waals surface area contributed by atoms with Gasteiger partial charge in [-0.2, -0.15) is 0 Å². The summed E-state index contributed by atoms with van der Waals surface area (Å²) in [6.07, 6.45) is 2.01. The van der Waals surface area contributed by atoms with Crippen LogP contribution in [0.25, 0.3) is 10.9 Å². The zero-order valence-electron chi connectivity index (χ0n) is 15.5. The average Bonchev–Trinajstić information content (AvgIpc) is 3.07. The number of fused-ring (bicyclic) bond motifs is 1. The first-order valence-corrected chi connectivity index (χ1v) is 9.68. The van der Waals surface area contributed by atoms with E-state index in [9.17, 15) is 14.9 Å². The lowest BCUT2D eigenvalue weighted by Gasteiger charge is -2.18. The molecular weight excluding hydrogens is 378 g/mol. The first-order valence-electron chi connectivity index (χ1n) is 8.87. The molecule has 7 nitrogen and oxygen atoms in total. The van der Waals surface area contributed by atoms with Crippen molar-refractivity contribution in [1.29, 1.82) is 0 Å². The monoisotopic (exact) mass is 399 g/mol. The Bertz CT molecular complexity index is 986. The molecule has 0 aliphatic heterocycles. The molecule has 8 heteroatoms. The molecule has 1 heterocycles. The number of para-hydroxylation sites is 2. The van der Waals surface area contributed by atoms with Gasteiger partial charge in [-0.05, 0) is 43.5 Å². The maximum absolute atomic E-state index is 12.6. The number of nitro groups is 1. The number of carbonyl (C=O) groups is 1. The summed E-state index contributed by atoms with van der Waals surface area (Å²) < 4.78 is 8.44. The number of rotatable bonds is 8. The normalized spacial score (nSPS) is 12.2. The van der Waals surface area contributed by atoms with Gasteiger partial charge in [0.25, 0.3) is 5.69 Å². The maximum atomic E-state index is 12.6. The number of benzene rings is 2. The second kappa shape index (κ2) is 8.90. The molecule has 0 saturated carbocycles. The number of esters is 1. The number of ether oxygens (including phenoxy) is 1. The fourth-order valence-corrected chi connectivity index (χ4v) is 3.68. The highest BCUT2D eigenvalue weighted by atomic mass is 32.2. The fraction of sp³-hybridized carbons (Fsp3) is 0.250. The summed E-state index contributed by atoms with van der Waals surface area (Å²) in [7, 11) is 0. The second-order valence-electron chi connectivity index (χ2n) is 6.55. The highest BCUT2D eigenvalue weighted by molar-refractivity contribution is 7.97. The van der Waals surface area contributed by atoms with Crippen molar-refractivity contribution in [2.75, 3.05) is 0 Å². The molecule has 0 aliphatic carbocycles. The van der Waals surface area contributed by atoms with Gasteiger partial charge in [-0.3, -0.25) is 14.9 Å². The molecule has 0 radical (unpaired) electrons. The summed E-state index contributed by atoms with van der Waals surface area (Å²) in [5.74, 6) is -0.397. The molecule has 1 aromatic heterocycles. The summed E-state index contributed by atoms with van der Waals surface area (Å²) in [6, 6.07) is 13.6. The van der Waals surface area contributed by atoms with Gasteiger partial charge in [0.15, 0.2) is 0 Å². The Morgan fingerprint density at radius 3 is 2.68 bits per heavy atom. The van der Waals surface area contributed by atoms with E-state index in [1.165, 1.54) is 6.07 Å². The summed E-state index contributed by atoms with van der Waals surface area (Å²) in [5, 5.41) is 12.2. The highest BCUT2D eigenvalue weighted by Gasteiger charge is 2.24. The van der Waals surface area contributed by atoms with Crippen LogP contribution in [0.2, 0.25) is 0 Å². The SMILES string of the molecule is CC(C)OC(=O)[C@H](Cc1c[nH]c2ccccc12)NSc1ccccc1[N+](=O)[O-]. The molecule has 146 valence electrons. The van der Waals surface area contributed by atoms with Crippen molar-refractivity contribution in [1.82, 2.24) is 9.71 Å². The standard InChI is InChI=1S/C20H21N3O4S/c1-13(2)27-20(24)17(11-14-12-21-16-8-4-3-7-15(14)16)22-28-19-10-6-5-9-18(19)23(25)26/h3-10,12-13,17,21-22H,11H2,1-2H3/t17-/m0/s1. The largest absolute Gasteiger partial charge is 0.462 e. The Labute approximate surface area is 166 Å². The van der Waals surface area contributed by atoms with Crippen molar-refractivity contribution >= 4 is 34.5 Å². The number of nitro benzene ring substituents is 1. The lowest BCUT2D eigenvalue weighted by atomic mass is 10.1. The predicted octanol–water partition coefficient (Wildman–Crippen LogP) is 4.24. The molecule has 0 unspecified atom stereocenters. The van der Waals surface area contributed by atoms with E-state index >= 15 is 0 Å². The lowest BCUT2D eigenvalue weighted by molar-refractivity contribution is -0.387. The summed E-state index contributed by atoms with van der Waals surface area (Å²) in [5.41, 5.74) is 1.94. The van der Waals surface area contributed by atoms with E-state index in [1.807, 2.05) is 30.5 Å². The number of aromatic nitrogens is 1. The number of carbonyl (C=O) groups excluding carboxylic acids is 1. The molecule has 2 N–H and O–H groups in total. The van der Waals surface area contributed by atoms with E-state index in [0.717, 1.165) is 28.4 Å². The molecule has 0 bridgehead atoms. The number of H-pyrrole nitrogens is 1. The minimum atomic E-state index is -0.661. The molecule has 0 amide bonds. The fourth-order valence-electron chi connectivity index (χ4n) is 2.84. The van der Waals surface area contributed by atoms with Gasteiger partial charge < -0.3 is 9.72 Å². The molecule has 3 aromatic rings. The second-order valence-corrected chi connectivity index (χ2v) is 7.43. The van der Waals surface area contributed by atoms with E-state index in [1.54, 1.807) is 32.0 Å². The topological polar surface area (TPSA) is 97.3 Å². The Kier molecular flexibility index (Phi) is 6.33. The maximum Gasteiger partial charge on any atom is 0.324 e. The zero-order valence-corrected chi connectivity index (χ0v) is 16.4. The van der Waals surface area contributed by atoms with Crippen LogP contribution in [-0.2, 0) is 16.0 Å². The molecule has 0 aliphatic rings. The van der Waals surface area contributed by atoms with E-state index in [-0.39, 0.29) is 11.8 Å². The van der Waals surface area contributed by atoms with Gasteiger partial charge in [-0.25, -0.2) is 4.72 Å². The third-order valence-electron chi connectivity index (χ3n) is 4.11. The number of nitrogens with zero attached hydrogens (tertiary/aromatic N) is 1. The smallest absolute Gasteiger partial charge is 0.324 e. The molecule has 0 saturated heterocycles. The molecule has 3 rings (SSSR count). The van der Waals surface area contributed by atoms with Crippen molar-refractivity contribution in [2.45, 2.75) is 37.3 Å². The van der Waals surface area contributed by atoms with Crippen molar-refractivity contribution in [2.24, 2.45) is 0 Å². The Morgan fingerprint density at radius 1 is 1.21 bits per heavy atom. The van der Waals surface area contributed by atoms with Crippen LogP contribution in [0.15, 0.2) is 59.6 Å². The zero-order chi connectivity index (χ0) is 20.1. The van der Waals surface area contributed by atoms with Gasteiger partial charge in [0.05, 0.1) is 11.0 Å². The summed E-state index contributed by atoms with van der Waals surface area (Å²) >= 11 is 1.06. The van der Waals surface area contributed by atoms with Crippen LogP contribution in [0, 0.1) is 10.1 Å². The molecular formula is C20H21N3O4S. The van der Waals surface area contributed by atoms with Gasteiger partial charge in [0.2, 0.25) is 0 Å². The number of aromatic amines is 1. The average molecular weight is 399 g/mol. The van der Waals surface area contributed by atoms with Crippen molar-refractivity contribution in [3.63, 3.8) is 0 Å². The van der Waals surface area contributed by atoms with Gasteiger partial charge >= 0.3 is 5.97 Å². The highest BCUT2D eigenvalue weighted by Crippen LogP contribution is 2.28. The molecule has 28 heavy (non-hydrogen) atoms. The first kappa shape index (κ1) is 19.9. The van der Waals surface area contributed by atoms with Crippen molar-refractivity contribution in [3.05, 3.63) is 70.4 Å². The summed E-state index contributed by atoms with van der Waals surface area (Å²) in [4.78, 5) is 27.0. The minimum absolute atomic E-state index is 0.0110. The van der Waals surface area contributed by atoms with Crippen molar-refractivity contribution < 1.29 is 14.5 Å². The number of hydrogen-bond donors (Lipinski definition) is 2.